The summed E-state index contributed by atoms with van der Waals surface area (Å²) < 4.78 is 0. The van der Waals surface area contributed by atoms with Gasteiger partial charge in [0.15, 0.2) is 5.11 Å². The van der Waals surface area contributed by atoms with Gasteiger partial charge in [-0.15, -0.1) is 11.8 Å². The third kappa shape index (κ3) is 2.34. The van der Waals surface area contributed by atoms with Gasteiger partial charge in [0.1, 0.15) is 0 Å². The van der Waals surface area contributed by atoms with Crippen LogP contribution in [0.25, 0.3) is 0 Å². The van der Waals surface area contributed by atoms with E-state index in [1.807, 2.05) is 11.8 Å². The average Bonchev–Trinajstić information content (AvgIpc) is 1.88. The van der Waals surface area contributed by atoms with E-state index in [0.29, 0.717) is 5.37 Å². The fraction of sp³-hybridized carbons (Fsp3) is 0.833. The van der Waals surface area contributed by atoms with Crippen molar-refractivity contribution in [3.05, 3.63) is 0 Å². The lowest BCUT2D eigenvalue weighted by Crippen LogP contribution is -2.47. The molecule has 1 heterocycles. The smallest absolute Gasteiger partial charge is 0.167 e. The fourth-order valence-corrected chi connectivity index (χ4v) is 2.12. The number of hydrogen-bond acceptors (Lipinski definition) is 2. The van der Waals surface area contributed by atoms with Gasteiger partial charge in [0.05, 0.1) is 5.37 Å². The van der Waals surface area contributed by atoms with E-state index in [4.69, 9.17) is 12.2 Å². The quantitative estimate of drug-likeness (QED) is 0.611. The molecule has 0 aliphatic carbocycles. The Kier molecular flexibility index (Phi) is 3.28. The zero-order chi connectivity index (χ0) is 7.40. The van der Waals surface area contributed by atoms with Crippen LogP contribution in [0.4, 0.5) is 0 Å². The molecule has 1 aliphatic heterocycles. The lowest BCUT2D eigenvalue weighted by molar-refractivity contribution is 0.644. The van der Waals surface area contributed by atoms with Gasteiger partial charge in [0, 0.05) is 6.54 Å². The maximum absolute atomic E-state index is 4.96. The van der Waals surface area contributed by atoms with Crippen LogP contribution in [-0.4, -0.2) is 22.8 Å². The van der Waals surface area contributed by atoms with E-state index in [1.165, 1.54) is 6.42 Å². The van der Waals surface area contributed by atoms with Crippen molar-refractivity contribution in [2.45, 2.75) is 18.7 Å². The summed E-state index contributed by atoms with van der Waals surface area (Å²) in [5, 5.41) is 7.62. The average molecular weight is 176 g/mol. The summed E-state index contributed by atoms with van der Waals surface area (Å²) in [7, 11) is 0. The molecular formula is C6H12N2S2. The van der Waals surface area contributed by atoms with Crippen LogP contribution < -0.4 is 10.6 Å². The van der Waals surface area contributed by atoms with Crippen LogP contribution in [0.5, 0.6) is 0 Å². The molecule has 0 spiro atoms. The summed E-state index contributed by atoms with van der Waals surface area (Å²) in [5.41, 5.74) is 0. The molecule has 2 N–H and O–H groups in total. The highest BCUT2D eigenvalue weighted by molar-refractivity contribution is 7.99. The van der Waals surface area contributed by atoms with Crippen molar-refractivity contribution in [2.24, 2.45) is 0 Å². The molecule has 1 saturated heterocycles. The Balaban J connectivity index is 2.25. The van der Waals surface area contributed by atoms with Crippen molar-refractivity contribution in [2.75, 3.05) is 12.3 Å². The first-order chi connectivity index (χ1) is 4.83. The highest BCUT2D eigenvalue weighted by atomic mass is 32.2. The highest BCUT2D eigenvalue weighted by Gasteiger charge is 2.13. The van der Waals surface area contributed by atoms with Crippen molar-refractivity contribution in [3.8, 4) is 0 Å². The summed E-state index contributed by atoms with van der Waals surface area (Å²) in [6, 6.07) is 0. The number of thioether (sulfide) groups is 1. The molecular weight excluding hydrogens is 164 g/mol. The van der Waals surface area contributed by atoms with Gasteiger partial charge in [0.2, 0.25) is 0 Å². The maximum atomic E-state index is 4.96. The Hall–Kier alpha value is 0.0400. The van der Waals surface area contributed by atoms with E-state index >= 15 is 0 Å². The van der Waals surface area contributed by atoms with Gasteiger partial charge in [-0.1, -0.05) is 6.92 Å². The molecule has 1 fully saturated rings. The van der Waals surface area contributed by atoms with E-state index in [0.717, 1.165) is 17.4 Å². The minimum Gasteiger partial charge on any atom is -0.363 e. The van der Waals surface area contributed by atoms with Crippen molar-refractivity contribution >= 4 is 29.1 Å². The Morgan fingerprint density at radius 1 is 1.80 bits per heavy atom. The third-order valence-corrected chi connectivity index (χ3v) is 2.70. The maximum Gasteiger partial charge on any atom is 0.167 e. The number of thiocarbonyl (C=S) groups is 1. The van der Waals surface area contributed by atoms with Gasteiger partial charge >= 0.3 is 0 Å². The van der Waals surface area contributed by atoms with Crippen molar-refractivity contribution in [1.29, 1.82) is 0 Å². The van der Waals surface area contributed by atoms with E-state index in [1.54, 1.807) is 0 Å². The van der Waals surface area contributed by atoms with Gasteiger partial charge in [-0.05, 0) is 24.4 Å². The topological polar surface area (TPSA) is 24.1 Å². The Morgan fingerprint density at radius 3 is 3.20 bits per heavy atom. The molecule has 4 heteroatoms. The largest absolute Gasteiger partial charge is 0.363 e. The lowest BCUT2D eigenvalue weighted by atomic mass is 10.4. The van der Waals surface area contributed by atoms with Gasteiger partial charge in [-0.25, -0.2) is 0 Å². The summed E-state index contributed by atoms with van der Waals surface area (Å²) in [5.74, 6) is 1.15. The van der Waals surface area contributed by atoms with Crippen molar-refractivity contribution in [1.82, 2.24) is 10.6 Å². The molecule has 0 aromatic rings. The highest BCUT2D eigenvalue weighted by Crippen LogP contribution is 2.12. The first-order valence-corrected chi connectivity index (χ1v) is 4.94. The number of rotatable bonds is 2. The van der Waals surface area contributed by atoms with Crippen LogP contribution in [-0.2, 0) is 0 Å². The zero-order valence-electron chi connectivity index (χ0n) is 6.02. The van der Waals surface area contributed by atoms with Gasteiger partial charge < -0.3 is 10.6 Å². The second-order valence-corrected chi connectivity index (χ2v) is 4.02. The summed E-state index contributed by atoms with van der Waals surface area (Å²) in [4.78, 5) is 0. The molecule has 0 bridgehead atoms. The van der Waals surface area contributed by atoms with E-state index in [2.05, 4.69) is 17.6 Å². The molecule has 0 aromatic carbocycles. The number of nitrogens with one attached hydrogen (secondary N) is 2. The summed E-state index contributed by atoms with van der Waals surface area (Å²) in [6.45, 7) is 3.18. The Bertz CT molecular complexity index is 125. The van der Waals surface area contributed by atoms with Crippen LogP contribution in [0.15, 0.2) is 0 Å². The Morgan fingerprint density at radius 2 is 2.60 bits per heavy atom. The van der Waals surface area contributed by atoms with Crippen LogP contribution in [0, 0.1) is 0 Å². The van der Waals surface area contributed by atoms with Crippen LogP contribution in [0.3, 0.4) is 0 Å². The molecule has 1 unspecified atom stereocenters. The van der Waals surface area contributed by atoms with Gasteiger partial charge in [-0.2, -0.15) is 0 Å². The third-order valence-electron chi connectivity index (χ3n) is 1.35. The normalized spacial score (nSPS) is 25.3. The first-order valence-electron chi connectivity index (χ1n) is 3.49. The Labute approximate surface area is 71.1 Å². The second-order valence-electron chi connectivity index (χ2n) is 2.13. The molecule has 0 saturated carbocycles. The van der Waals surface area contributed by atoms with E-state index < -0.39 is 0 Å². The summed E-state index contributed by atoms with van der Waals surface area (Å²) in [6.07, 6.45) is 1.17. The van der Waals surface area contributed by atoms with Gasteiger partial charge in [0.25, 0.3) is 0 Å². The summed E-state index contributed by atoms with van der Waals surface area (Å²) >= 11 is 6.88. The van der Waals surface area contributed by atoms with Crippen LogP contribution >= 0.6 is 24.0 Å². The van der Waals surface area contributed by atoms with E-state index in [9.17, 15) is 0 Å². The molecule has 1 rings (SSSR count). The second kappa shape index (κ2) is 4.03. The van der Waals surface area contributed by atoms with Crippen LogP contribution in [0.1, 0.15) is 13.3 Å². The minimum atomic E-state index is 0.541. The molecule has 0 radical (unpaired) electrons. The molecule has 0 amide bonds. The predicted molar refractivity (Wildman–Crippen MR) is 50.3 cm³/mol. The standard InChI is InChI=1S/C6H12N2S2/c1-2-10-5-3-4-7-6(9)8-5/h5H,2-4H2,1H3,(H2,7,8,9). The monoisotopic (exact) mass is 176 g/mol. The molecule has 10 heavy (non-hydrogen) atoms. The zero-order valence-corrected chi connectivity index (χ0v) is 7.65. The SMILES string of the molecule is CCSC1CCNC(=S)N1. The van der Waals surface area contributed by atoms with E-state index in [-0.39, 0.29) is 0 Å². The van der Waals surface area contributed by atoms with Crippen molar-refractivity contribution in [3.63, 3.8) is 0 Å². The fourth-order valence-electron chi connectivity index (χ4n) is 0.912. The molecule has 0 aromatic heterocycles. The minimum absolute atomic E-state index is 0.541. The van der Waals surface area contributed by atoms with Gasteiger partial charge in [-0.3, -0.25) is 0 Å². The van der Waals surface area contributed by atoms with Crippen LogP contribution in [0.2, 0.25) is 0 Å². The lowest BCUT2D eigenvalue weighted by Gasteiger charge is -2.25. The van der Waals surface area contributed by atoms with Crippen molar-refractivity contribution < 1.29 is 0 Å². The predicted octanol–water partition coefficient (Wildman–Crippen LogP) is 0.933. The molecule has 1 atom stereocenters. The number of hydrogen-bond donors (Lipinski definition) is 2. The molecule has 2 nitrogen and oxygen atoms in total. The first kappa shape index (κ1) is 8.14. The molecule has 58 valence electrons. The molecule has 1 aliphatic rings.